The van der Waals surface area contributed by atoms with Gasteiger partial charge >= 0.3 is 6.03 Å². The van der Waals surface area contributed by atoms with Gasteiger partial charge in [0.2, 0.25) is 59.3 Å². The van der Waals surface area contributed by atoms with Crippen molar-refractivity contribution >= 4 is 70.6 Å². The van der Waals surface area contributed by atoms with Crippen LogP contribution >= 0.6 is 11.6 Å². The summed E-state index contributed by atoms with van der Waals surface area (Å²) in [4.78, 5) is 141. The summed E-state index contributed by atoms with van der Waals surface area (Å²) in [5, 5.41) is 129. The lowest BCUT2D eigenvalue weighted by Crippen LogP contribution is -2.64. The van der Waals surface area contributed by atoms with E-state index in [0.717, 1.165) is 44.2 Å². The van der Waals surface area contributed by atoms with E-state index in [1.54, 1.807) is 13.0 Å². The van der Waals surface area contributed by atoms with Crippen molar-refractivity contribution in [1.29, 1.82) is 0 Å². The van der Waals surface area contributed by atoms with Crippen LogP contribution in [0.5, 0.6) is 51.7 Å². The van der Waals surface area contributed by atoms with Crippen molar-refractivity contribution in [2.75, 3.05) is 58.4 Å². The number of aliphatic hydroxyl groups is 6. The zero-order valence-electron chi connectivity index (χ0n) is 74.6. The molecule has 6 aromatic carbocycles. The molecule has 4 saturated carbocycles. The number of hydrogen-bond donors (Lipinski definition) is 21. The molecule has 22 N–H and O–H groups in total. The van der Waals surface area contributed by atoms with Crippen LogP contribution in [0.15, 0.2) is 97.1 Å². The highest BCUT2D eigenvalue weighted by molar-refractivity contribution is 6.32. The van der Waals surface area contributed by atoms with Gasteiger partial charge in [-0.2, -0.15) is 0 Å². The highest BCUT2D eigenvalue weighted by Gasteiger charge is 2.53. The van der Waals surface area contributed by atoms with E-state index < -0.39 is 204 Å². The first kappa shape index (κ1) is 97.0. The van der Waals surface area contributed by atoms with Crippen LogP contribution in [0.3, 0.4) is 0 Å². The first-order valence-corrected chi connectivity index (χ1v) is 45.1. The van der Waals surface area contributed by atoms with Gasteiger partial charge in [0.05, 0.1) is 42.0 Å². The van der Waals surface area contributed by atoms with Gasteiger partial charge in [-0.05, 0) is 233 Å². The van der Waals surface area contributed by atoms with Crippen LogP contribution in [-0.4, -0.2) is 232 Å². The number of nitrogens with one attached hydrogen (secondary N) is 12. The molecule has 2 saturated heterocycles. The van der Waals surface area contributed by atoms with Crippen molar-refractivity contribution in [3.05, 3.63) is 141 Å². The van der Waals surface area contributed by atoms with Crippen molar-refractivity contribution in [2.45, 2.75) is 222 Å². The number of phenols is 2. The quantitative estimate of drug-likeness (QED) is 0.0359. The number of nitrogens with two attached hydrogens (primary N) is 1. The number of phenolic OH excluding ortho intramolecular Hbond substituents is 2. The molecular weight excluding hydrogens is 1730 g/mol. The van der Waals surface area contributed by atoms with Gasteiger partial charge in [0.1, 0.15) is 114 Å². The number of fused-ring (bicyclic) bond motifs is 15. The zero-order chi connectivity index (χ0) is 94.6. The third-order valence-corrected chi connectivity index (χ3v) is 26.1. The van der Waals surface area contributed by atoms with Gasteiger partial charge in [-0.1, -0.05) is 57.5 Å². The Kier molecular flexibility index (Phi) is 30.6. The summed E-state index contributed by atoms with van der Waals surface area (Å²) in [5.74, 6) is -11.1. The number of anilines is 1. The van der Waals surface area contributed by atoms with Crippen LogP contribution in [0.1, 0.15) is 162 Å². The molecule has 39 heteroatoms. The normalized spacial score (nSPS) is 29.3. The van der Waals surface area contributed by atoms with Crippen molar-refractivity contribution in [3.8, 4) is 62.9 Å². The predicted molar refractivity (Wildman–Crippen MR) is 476 cm³/mol. The Bertz CT molecular complexity index is 5270. The minimum Gasteiger partial charge on any atom is -0.508 e. The molecule has 0 aromatic heterocycles. The first-order valence-electron chi connectivity index (χ1n) is 44.7. The SMILES string of the molecule is CCNCCOc1ccc(OCCNCC)c(NC(=O)NC(=O)C[C@@H]2NC(=O)[C@H](NC(=O)[C@@H](CC(C)C)NC)[C@H](O)c3ccc(c(C)c3)Oc3cc4cc(c3O[C@@H]3O[C@H](CO)[C@@H](O)[C@H](O)[C@H]3O[C@H]3C[C@](C)(N)[C@H](O)[C@H](C)O3)Oc3ccc(cc3Cl)[C@@H](O)[C@@H]3NC(=O)[C@H](NC(=O)[C@@H]4NC2=O)c2ccc(O)c(c2)-c2c(C)cc(O)cc2[C@@H](C(=O)NC2C4CC5CC(C4)CC2C5)NC3=O)c1. The number of aliphatic hydroxyl groups excluding tert-OH is 6. The van der Waals surface area contributed by atoms with Crippen molar-refractivity contribution in [2.24, 2.45) is 35.3 Å². The van der Waals surface area contributed by atoms with Gasteiger partial charge in [-0.25, -0.2) is 4.79 Å². The third-order valence-electron chi connectivity index (χ3n) is 25.8. The van der Waals surface area contributed by atoms with E-state index in [1.165, 1.54) is 107 Å². The smallest absolute Gasteiger partial charge is 0.325 e. The molecular formula is C93H118ClN13O25. The molecule has 10 amide bonds. The number of imide groups is 1. The summed E-state index contributed by atoms with van der Waals surface area (Å²) < 4.78 is 51.6. The number of aromatic hydroxyl groups is 2. The summed E-state index contributed by atoms with van der Waals surface area (Å²) >= 11 is 7.36. The molecule has 0 spiro atoms. The van der Waals surface area contributed by atoms with Gasteiger partial charge < -0.3 is 143 Å². The molecule has 0 radical (unpaired) electrons. The van der Waals surface area contributed by atoms with Crippen LogP contribution in [0, 0.1) is 43.4 Å². The number of urea groups is 1. The molecule has 132 heavy (non-hydrogen) atoms. The molecule has 6 aromatic rings. The summed E-state index contributed by atoms with van der Waals surface area (Å²) in [7, 11) is 1.50. The summed E-state index contributed by atoms with van der Waals surface area (Å²) in [6.45, 7) is 15.1. The maximum atomic E-state index is 16.8. The molecule has 0 unspecified atom stereocenters. The van der Waals surface area contributed by atoms with E-state index in [-0.39, 0.29) is 134 Å². The lowest BCUT2D eigenvalue weighted by atomic mass is 9.54. The van der Waals surface area contributed by atoms with E-state index in [1.807, 2.05) is 27.7 Å². The van der Waals surface area contributed by atoms with Gasteiger partial charge in [-0.3, -0.25) is 43.7 Å². The lowest BCUT2D eigenvalue weighted by Gasteiger charge is -2.54. The van der Waals surface area contributed by atoms with Gasteiger partial charge in [0.25, 0.3) is 0 Å². The maximum Gasteiger partial charge on any atom is 0.325 e. The molecule has 7 aliphatic heterocycles. The average molecular weight is 1850 g/mol. The maximum absolute atomic E-state index is 16.8. The monoisotopic (exact) mass is 1850 g/mol. The number of aryl methyl sites for hydroxylation is 2. The third kappa shape index (κ3) is 21.7. The summed E-state index contributed by atoms with van der Waals surface area (Å²) in [6.07, 6.45) is -14.1. The van der Waals surface area contributed by atoms with Gasteiger partial charge in [-0.15, -0.1) is 0 Å². The Morgan fingerprint density at radius 1 is 0.667 bits per heavy atom. The van der Waals surface area contributed by atoms with Gasteiger partial charge in [0, 0.05) is 42.7 Å². The largest absolute Gasteiger partial charge is 0.508 e. The van der Waals surface area contributed by atoms with Crippen molar-refractivity contribution < 1.29 is 122 Å². The molecule has 38 nitrogen and oxygen atoms in total. The van der Waals surface area contributed by atoms with E-state index >= 15 is 33.6 Å². The molecule has 17 rings (SSSR count). The number of amides is 10. The second-order valence-electron chi connectivity index (χ2n) is 36.1. The van der Waals surface area contributed by atoms with E-state index in [4.69, 9.17) is 55.2 Å². The molecule has 4 aliphatic carbocycles. The number of ether oxygens (including phenoxy) is 8. The zero-order valence-corrected chi connectivity index (χ0v) is 75.4. The van der Waals surface area contributed by atoms with Crippen LogP contribution in [0.4, 0.5) is 10.5 Å². The Balaban J connectivity index is 0.952. The van der Waals surface area contributed by atoms with Crippen molar-refractivity contribution in [1.82, 2.24) is 58.5 Å². The number of benzene rings is 6. The Hall–Kier alpha value is -11.1. The lowest BCUT2D eigenvalue weighted by molar-refractivity contribution is -0.333. The predicted octanol–water partition coefficient (Wildman–Crippen LogP) is 4.06. The number of rotatable bonds is 25. The number of hydrogen-bond acceptors (Lipinski definition) is 29. The average Bonchev–Trinajstić information content (AvgIpc) is 0.751. The molecule has 712 valence electrons. The fraction of sp³-hybridized carbons (Fsp3) is 0.516. The standard InChI is InChI=1S/C93H118ClN13O25/c1-10-97-20-22-125-54-15-19-64(126-23-21-98-11-2)58(37-54)100-92(124)101-68(111)38-60-85(118)103-73-52-34-65(128-62-17-13-48(25-42(62)5)77(112)75(89(122)99-60)106-84(117)59(96-9)24-41(3)4)81(132-91-82(80(115)79(114)67(40-108)130-91)131-69-39-93(8,95)83(116)44(7)127-69)66(35-52)129-63-18-14-49(33-57(63)94)78(113)76-90(123)105-74(88(121)102-71-50-28-45-27-46(30-50)31-51(71)29-45)56-36-53(109)26-43(6)70(56)55-32-47(12-16-61(55)110)72(86(119)107-76)104-87(73)120/h12-19,25-26,32-37,41,44-46,50-51,59-60,67,69,71-80,82-83,91,96-98,108-110,112-116H,10-11,20-24,27-31,38-40,95H2,1-9H3,(H,99,122)(H,102,121)(H,103,118)(H,104,120)(H,105,123)(H,106,117)(H,107,119)(H2,100,101,111,124)/t44-,45?,46?,50?,51?,59+,60-,67+,69-,71?,72+,73+,74-,75+,76-,77+,78+,79+,80-,82+,83+,91-,93-/m0/s1. The van der Waals surface area contributed by atoms with Crippen molar-refractivity contribution in [3.63, 3.8) is 0 Å². The molecule has 6 fully saturated rings. The first-order chi connectivity index (χ1) is 63.0. The Morgan fingerprint density at radius 3 is 1.96 bits per heavy atom. The van der Waals surface area contributed by atoms with Crippen LogP contribution in [0.25, 0.3) is 11.1 Å². The fourth-order valence-corrected chi connectivity index (χ4v) is 19.5. The summed E-state index contributed by atoms with van der Waals surface area (Å²) in [5.41, 5.74) is 4.65. The van der Waals surface area contributed by atoms with Crippen LogP contribution < -0.4 is 93.2 Å². The molecule has 7 heterocycles. The number of halogens is 1. The highest BCUT2D eigenvalue weighted by atomic mass is 35.5. The van der Waals surface area contributed by atoms with E-state index in [2.05, 4.69) is 63.8 Å². The fourth-order valence-electron chi connectivity index (χ4n) is 19.3. The van der Waals surface area contributed by atoms with Gasteiger partial charge in [0.15, 0.2) is 23.9 Å². The highest BCUT2D eigenvalue weighted by Crippen LogP contribution is 2.55. The second kappa shape index (κ2) is 41.6. The molecule has 11 aliphatic rings. The molecule has 15 bridgehead atoms. The Labute approximate surface area is 766 Å². The minimum absolute atomic E-state index is 0.0132. The minimum atomic E-state index is -2.38. The Morgan fingerprint density at radius 2 is 1.31 bits per heavy atom. The number of carbonyl (C=O) groups is 9. The number of likely N-dealkylation sites (N-methyl/N-ethyl adjacent to an activating group) is 3. The second-order valence-corrected chi connectivity index (χ2v) is 36.5. The molecule has 18 atom stereocenters. The van der Waals surface area contributed by atoms with E-state index in [9.17, 15) is 50.4 Å². The van der Waals surface area contributed by atoms with E-state index in [0.29, 0.717) is 38.0 Å². The summed E-state index contributed by atoms with van der Waals surface area (Å²) in [6, 6.07) is 5.40. The van der Waals surface area contributed by atoms with Crippen LogP contribution in [0.2, 0.25) is 5.02 Å². The topological polar surface area (TPSA) is 560 Å². The van der Waals surface area contributed by atoms with Crippen LogP contribution in [-0.2, 0) is 52.6 Å². The number of carbonyl (C=O) groups excluding carboxylic acids is 9.